The molecule has 0 amide bonds. The molecule has 5 nitrogen and oxygen atoms in total. The lowest BCUT2D eigenvalue weighted by Crippen LogP contribution is -2.39. The number of likely N-dealkylation sites (tertiary alicyclic amines) is 1. The van der Waals surface area contributed by atoms with Crippen molar-refractivity contribution in [3.63, 3.8) is 0 Å². The first-order valence-electron chi connectivity index (χ1n) is 10.8. The quantitative estimate of drug-likeness (QED) is 0.267. The molecule has 0 spiro atoms. The summed E-state index contributed by atoms with van der Waals surface area (Å²) in [4.78, 5) is 7.24. The Morgan fingerprint density at radius 2 is 1.67 bits per heavy atom. The van der Waals surface area contributed by atoms with E-state index < -0.39 is 0 Å². The van der Waals surface area contributed by atoms with Gasteiger partial charge in [0, 0.05) is 25.6 Å². The fourth-order valence-corrected chi connectivity index (χ4v) is 3.69. The second-order valence-corrected chi connectivity index (χ2v) is 7.67. The number of guanidine groups is 1. The van der Waals surface area contributed by atoms with Gasteiger partial charge in [0.15, 0.2) is 5.96 Å². The van der Waals surface area contributed by atoms with Gasteiger partial charge in [0.1, 0.15) is 0 Å². The standard InChI is InChI=1S/C24H34N4O.HI/c1-2-25-24(27-17-23(19-29)22-8-4-3-5-9-22)26-16-20-10-12-21(13-11-20)18-28-14-6-7-15-28;/h3-5,8-13,23,29H,2,6-7,14-19H2,1H3,(H2,25,26,27);1H. The van der Waals surface area contributed by atoms with Crippen molar-refractivity contribution in [2.24, 2.45) is 4.99 Å². The zero-order valence-corrected chi connectivity index (χ0v) is 20.2. The Balaban J connectivity index is 0.00000320. The van der Waals surface area contributed by atoms with Crippen molar-refractivity contribution in [3.8, 4) is 0 Å². The van der Waals surface area contributed by atoms with Crippen LogP contribution >= 0.6 is 24.0 Å². The van der Waals surface area contributed by atoms with Crippen LogP contribution < -0.4 is 10.6 Å². The Labute approximate surface area is 198 Å². The predicted octanol–water partition coefficient (Wildman–Crippen LogP) is 3.73. The topological polar surface area (TPSA) is 59.9 Å². The average molecular weight is 522 g/mol. The number of hydrogen-bond donors (Lipinski definition) is 3. The first kappa shape index (κ1) is 24.6. The van der Waals surface area contributed by atoms with Crippen molar-refractivity contribution in [2.45, 2.75) is 38.8 Å². The van der Waals surface area contributed by atoms with E-state index in [4.69, 9.17) is 4.99 Å². The van der Waals surface area contributed by atoms with E-state index in [0.717, 1.165) is 24.6 Å². The molecule has 0 aromatic heterocycles. The molecule has 1 unspecified atom stereocenters. The summed E-state index contributed by atoms with van der Waals surface area (Å²) in [5.74, 6) is 0.827. The summed E-state index contributed by atoms with van der Waals surface area (Å²) in [5, 5.41) is 16.4. The highest BCUT2D eigenvalue weighted by Crippen LogP contribution is 2.15. The third-order valence-corrected chi connectivity index (χ3v) is 5.40. The number of aliphatic hydroxyl groups excluding tert-OH is 1. The fraction of sp³-hybridized carbons (Fsp3) is 0.458. The molecule has 2 aromatic carbocycles. The first-order chi connectivity index (χ1) is 14.3. The van der Waals surface area contributed by atoms with Crippen molar-refractivity contribution in [1.29, 1.82) is 0 Å². The van der Waals surface area contributed by atoms with Crippen molar-refractivity contribution in [2.75, 3.05) is 32.8 Å². The SMILES string of the molecule is CCNC(=NCc1ccc(CN2CCCC2)cc1)NCC(CO)c1ccccc1.I. The summed E-state index contributed by atoms with van der Waals surface area (Å²) in [7, 11) is 0. The smallest absolute Gasteiger partial charge is 0.191 e. The lowest BCUT2D eigenvalue weighted by atomic mass is 10.0. The molecule has 1 aliphatic heterocycles. The van der Waals surface area contributed by atoms with Gasteiger partial charge >= 0.3 is 0 Å². The van der Waals surface area contributed by atoms with Crippen LogP contribution in [0, 0.1) is 0 Å². The third kappa shape index (κ3) is 7.89. The number of rotatable bonds is 9. The molecule has 6 heteroatoms. The van der Waals surface area contributed by atoms with E-state index in [2.05, 4.69) is 58.9 Å². The van der Waals surface area contributed by atoms with Gasteiger partial charge in [-0.05, 0) is 49.5 Å². The van der Waals surface area contributed by atoms with Crippen molar-refractivity contribution in [3.05, 3.63) is 71.3 Å². The van der Waals surface area contributed by atoms with Crippen molar-refractivity contribution in [1.82, 2.24) is 15.5 Å². The van der Waals surface area contributed by atoms with E-state index >= 15 is 0 Å². The molecular weight excluding hydrogens is 487 g/mol. The Hall–Kier alpha value is -1.64. The second kappa shape index (κ2) is 13.6. The number of halogens is 1. The van der Waals surface area contributed by atoms with Gasteiger partial charge in [-0.25, -0.2) is 4.99 Å². The minimum atomic E-state index is 0. The maximum atomic E-state index is 9.75. The van der Waals surface area contributed by atoms with E-state index in [1.165, 1.54) is 37.1 Å². The van der Waals surface area contributed by atoms with Crippen LogP contribution in [0.15, 0.2) is 59.6 Å². The average Bonchev–Trinajstić information content (AvgIpc) is 3.27. The van der Waals surface area contributed by atoms with Crippen LogP contribution in [0.3, 0.4) is 0 Å². The molecular formula is C24H35IN4O. The van der Waals surface area contributed by atoms with Gasteiger partial charge in [0.05, 0.1) is 13.2 Å². The highest BCUT2D eigenvalue weighted by atomic mass is 127. The number of benzene rings is 2. The second-order valence-electron chi connectivity index (χ2n) is 7.67. The summed E-state index contributed by atoms with van der Waals surface area (Å²) in [6, 6.07) is 18.9. The predicted molar refractivity (Wildman–Crippen MR) is 135 cm³/mol. The Morgan fingerprint density at radius 1 is 1.00 bits per heavy atom. The minimum Gasteiger partial charge on any atom is -0.396 e. The molecule has 3 N–H and O–H groups in total. The summed E-state index contributed by atoms with van der Waals surface area (Å²) < 4.78 is 0. The summed E-state index contributed by atoms with van der Waals surface area (Å²) >= 11 is 0. The Bertz CT molecular complexity index is 746. The molecule has 1 atom stereocenters. The van der Waals surface area contributed by atoms with E-state index in [9.17, 15) is 5.11 Å². The molecule has 0 radical (unpaired) electrons. The van der Waals surface area contributed by atoms with Gasteiger partial charge in [-0.3, -0.25) is 4.90 Å². The van der Waals surface area contributed by atoms with Crippen molar-refractivity contribution >= 4 is 29.9 Å². The van der Waals surface area contributed by atoms with Gasteiger partial charge in [-0.15, -0.1) is 24.0 Å². The minimum absolute atomic E-state index is 0. The van der Waals surface area contributed by atoms with Crippen LogP contribution in [-0.4, -0.2) is 48.8 Å². The highest BCUT2D eigenvalue weighted by molar-refractivity contribution is 14.0. The summed E-state index contributed by atoms with van der Waals surface area (Å²) in [6.45, 7) is 7.74. The van der Waals surface area contributed by atoms with Crippen molar-refractivity contribution < 1.29 is 5.11 Å². The molecule has 0 saturated carbocycles. The van der Waals surface area contributed by atoms with E-state index in [1.54, 1.807) is 0 Å². The molecule has 1 aliphatic rings. The Kier molecular flexibility index (Phi) is 11.2. The number of nitrogens with one attached hydrogen (secondary N) is 2. The van der Waals surface area contributed by atoms with Gasteiger partial charge in [0.25, 0.3) is 0 Å². The van der Waals surface area contributed by atoms with E-state index in [0.29, 0.717) is 13.1 Å². The van der Waals surface area contributed by atoms with E-state index in [1.807, 2.05) is 18.2 Å². The molecule has 30 heavy (non-hydrogen) atoms. The molecule has 3 rings (SSSR count). The number of aliphatic imine (C=N–C) groups is 1. The summed E-state index contributed by atoms with van der Waals surface area (Å²) in [6.07, 6.45) is 2.66. The normalized spacial score (nSPS) is 15.5. The van der Waals surface area contributed by atoms with Gasteiger partial charge < -0.3 is 15.7 Å². The van der Waals surface area contributed by atoms with Crippen LogP contribution in [0.1, 0.15) is 42.4 Å². The zero-order chi connectivity index (χ0) is 20.3. The van der Waals surface area contributed by atoms with Crippen LogP contribution in [0.4, 0.5) is 0 Å². The maximum absolute atomic E-state index is 9.75. The van der Waals surface area contributed by atoms with Crippen LogP contribution in [0.25, 0.3) is 0 Å². The molecule has 1 fully saturated rings. The fourth-order valence-electron chi connectivity index (χ4n) is 3.69. The Morgan fingerprint density at radius 3 is 2.30 bits per heavy atom. The van der Waals surface area contributed by atoms with Crippen LogP contribution in [-0.2, 0) is 13.1 Å². The van der Waals surface area contributed by atoms with Gasteiger partial charge in [-0.1, -0.05) is 54.6 Å². The van der Waals surface area contributed by atoms with E-state index in [-0.39, 0.29) is 36.5 Å². The monoisotopic (exact) mass is 522 g/mol. The lowest BCUT2D eigenvalue weighted by Gasteiger charge is -2.18. The maximum Gasteiger partial charge on any atom is 0.191 e. The lowest BCUT2D eigenvalue weighted by molar-refractivity contribution is 0.265. The number of aliphatic hydroxyl groups is 1. The third-order valence-electron chi connectivity index (χ3n) is 5.40. The molecule has 2 aromatic rings. The summed E-state index contributed by atoms with van der Waals surface area (Å²) in [5.41, 5.74) is 3.71. The largest absolute Gasteiger partial charge is 0.396 e. The zero-order valence-electron chi connectivity index (χ0n) is 17.9. The van der Waals surface area contributed by atoms with Crippen LogP contribution in [0.5, 0.6) is 0 Å². The first-order valence-corrected chi connectivity index (χ1v) is 10.8. The highest BCUT2D eigenvalue weighted by Gasteiger charge is 2.12. The molecule has 0 bridgehead atoms. The van der Waals surface area contributed by atoms with Crippen LogP contribution in [0.2, 0.25) is 0 Å². The molecule has 1 saturated heterocycles. The number of hydrogen-bond acceptors (Lipinski definition) is 3. The molecule has 164 valence electrons. The van der Waals surface area contributed by atoms with Gasteiger partial charge in [0.2, 0.25) is 0 Å². The molecule has 0 aliphatic carbocycles. The van der Waals surface area contributed by atoms with Gasteiger partial charge in [-0.2, -0.15) is 0 Å². The molecule has 1 heterocycles. The number of nitrogens with zero attached hydrogens (tertiary/aromatic N) is 2.